The molecule has 0 fully saturated rings. The van der Waals surface area contributed by atoms with Crippen LogP contribution in [0.1, 0.15) is 63.7 Å². The second-order valence-electron chi connectivity index (χ2n) is 14.0. The summed E-state index contributed by atoms with van der Waals surface area (Å²) in [6.45, 7) is 4.33. The monoisotopic (exact) mass is 916 g/mol. The lowest BCUT2D eigenvalue weighted by atomic mass is 9.85. The molecule has 4 rings (SSSR count). The number of carbonyl (C=O) groups is 4. The maximum Gasteiger partial charge on any atom is 0.338 e. The van der Waals surface area contributed by atoms with Crippen molar-refractivity contribution in [2.24, 2.45) is 0 Å². The molecule has 0 aromatic heterocycles. The summed E-state index contributed by atoms with van der Waals surface area (Å²) in [5, 5.41) is 0. The predicted octanol–water partition coefficient (Wildman–Crippen LogP) is 5.97. The van der Waals surface area contributed by atoms with E-state index < -0.39 is 23.9 Å². The largest absolute Gasteiger partial charge is 0.460 e. The normalized spacial score (nSPS) is 10.9. The Kier molecular flexibility index (Phi) is 24.9. The maximum absolute atomic E-state index is 13.1. The van der Waals surface area contributed by atoms with E-state index in [-0.39, 0.29) is 52.9 Å². The van der Waals surface area contributed by atoms with Crippen LogP contribution in [0.3, 0.4) is 0 Å². The van der Waals surface area contributed by atoms with Crippen LogP contribution in [0, 0.1) is 0 Å². The lowest BCUT2D eigenvalue weighted by Crippen LogP contribution is -2.13. The van der Waals surface area contributed by atoms with Gasteiger partial charge in [-0.2, -0.15) is 0 Å². The van der Waals surface area contributed by atoms with E-state index in [4.69, 9.17) is 56.8 Å². The highest BCUT2D eigenvalue weighted by atomic mass is 16.6. The molecule has 0 atom stereocenters. The SMILES string of the molecule is COCCOCCOC(=O)c1ccc(C(=C(c2ccc(C(=O)OCCOCCOC)cc2)c2ccc(C(=O)OCCOCCOC)cc2)c2ccc(C(=O)OCCOCCOC)cc2)cc1. The number of rotatable bonds is 32. The van der Waals surface area contributed by atoms with E-state index in [1.165, 1.54) is 0 Å². The van der Waals surface area contributed by atoms with Crippen LogP contribution in [-0.4, -0.2) is 158 Å². The first-order chi connectivity index (χ1) is 32.3. The fourth-order valence-corrected chi connectivity index (χ4v) is 6.09. The second kappa shape index (κ2) is 31.2. The topological polar surface area (TPSA) is 179 Å². The van der Waals surface area contributed by atoms with Gasteiger partial charge in [-0.05, 0) is 81.9 Å². The van der Waals surface area contributed by atoms with Crippen LogP contribution in [0.4, 0.5) is 0 Å². The van der Waals surface area contributed by atoms with Crippen molar-refractivity contribution >= 4 is 35.0 Å². The van der Waals surface area contributed by atoms with E-state index in [1.807, 2.05) is 0 Å². The molecule has 0 aliphatic carbocycles. The molecule has 356 valence electrons. The van der Waals surface area contributed by atoms with Crippen molar-refractivity contribution in [1.29, 1.82) is 0 Å². The number of carbonyl (C=O) groups excluding carboxylic acids is 4. The number of esters is 4. The minimum absolute atomic E-state index is 0.0621. The molecule has 0 spiro atoms. The minimum Gasteiger partial charge on any atom is -0.460 e. The van der Waals surface area contributed by atoms with Crippen LogP contribution in [0.2, 0.25) is 0 Å². The summed E-state index contributed by atoms with van der Waals surface area (Å²) in [7, 11) is 6.30. The third-order valence-corrected chi connectivity index (χ3v) is 9.46. The second-order valence-corrected chi connectivity index (χ2v) is 14.0. The van der Waals surface area contributed by atoms with E-state index in [9.17, 15) is 19.2 Å². The average Bonchev–Trinajstić information content (AvgIpc) is 3.35. The van der Waals surface area contributed by atoms with Crippen LogP contribution in [0.25, 0.3) is 11.1 Å². The minimum atomic E-state index is -0.525. The molecule has 4 aromatic rings. The van der Waals surface area contributed by atoms with Gasteiger partial charge in [0.15, 0.2) is 0 Å². The summed E-state index contributed by atoms with van der Waals surface area (Å²) in [6.07, 6.45) is 0. The fourth-order valence-electron chi connectivity index (χ4n) is 6.09. The number of ether oxygens (including phenoxy) is 12. The quantitative estimate of drug-likeness (QED) is 0.0242. The van der Waals surface area contributed by atoms with Gasteiger partial charge < -0.3 is 56.8 Å². The van der Waals surface area contributed by atoms with E-state index in [0.717, 1.165) is 0 Å². The van der Waals surface area contributed by atoms with Gasteiger partial charge in [0, 0.05) is 28.4 Å². The van der Waals surface area contributed by atoms with Crippen molar-refractivity contribution in [3.63, 3.8) is 0 Å². The Morgan fingerprint density at radius 2 is 0.424 bits per heavy atom. The molecule has 16 heteroatoms. The Balaban J connectivity index is 1.75. The van der Waals surface area contributed by atoms with E-state index in [0.29, 0.717) is 109 Å². The zero-order chi connectivity index (χ0) is 47.2. The molecule has 0 unspecified atom stereocenters. The molecule has 16 nitrogen and oxygen atoms in total. The Hall–Kier alpha value is -5.82. The van der Waals surface area contributed by atoms with Crippen LogP contribution in [0.5, 0.6) is 0 Å². The molecule has 0 N–H and O–H groups in total. The first-order valence-corrected chi connectivity index (χ1v) is 21.4. The third-order valence-electron chi connectivity index (χ3n) is 9.46. The summed E-state index contributed by atoms with van der Waals surface area (Å²) in [5.41, 5.74) is 5.45. The van der Waals surface area contributed by atoms with Gasteiger partial charge in [-0.3, -0.25) is 0 Å². The Labute approximate surface area is 385 Å². The van der Waals surface area contributed by atoms with Gasteiger partial charge in [-0.1, -0.05) is 48.5 Å². The summed E-state index contributed by atoms with van der Waals surface area (Å²) in [6, 6.07) is 27.7. The molecule has 0 heterocycles. The molecule has 0 aliphatic heterocycles. The molecule has 0 aliphatic rings. The van der Waals surface area contributed by atoms with Crippen molar-refractivity contribution < 1.29 is 76.0 Å². The highest BCUT2D eigenvalue weighted by Crippen LogP contribution is 2.37. The fraction of sp³-hybridized carbons (Fsp3) is 0.400. The first kappa shape index (κ1) is 52.8. The number of benzene rings is 4. The van der Waals surface area contributed by atoms with Gasteiger partial charge in [0.05, 0.1) is 102 Å². The summed E-state index contributed by atoms with van der Waals surface area (Å²) in [4.78, 5) is 52.2. The van der Waals surface area contributed by atoms with Crippen LogP contribution in [0.15, 0.2) is 97.1 Å². The predicted molar refractivity (Wildman–Crippen MR) is 243 cm³/mol. The van der Waals surface area contributed by atoms with Crippen molar-refractivity contribution in [3.05, 3.63) is 142 Å². The Morgan fingerprint density at radius 3 is 0.606 bits per heavy atom. The molecule has 0 amide bonds. The van der Waals surface area contributed by atoms with E-state index in [1.54, 1.807) is 126 Å². The highest BCUT2D eigenvalue weighted by molar-refractivity contribution is 6.06. The van der Waals surface area contributed by atoms with Crippen molar-refractivity contribution in [3.8, 4) is 0 Å². The number of hydrogen-bond donors (Lipinski definition) is 0. The molecule has 0 radical (unpaired) electrons. The summed E-state index contributed by atoms with van der Waals surface area (Å²) in [5.74, 6) is -2.10. The number of methoxy groups -OCH3 is 4. The molecule has 0 saturated carbocycles. The van der Waals surface area contributed by atoms with Crippen LogP contribution >= 0.6 is 0 Å². The van der Waals surface area contributed by atoms with Gasteiger partial charge in [0.2, 0.25) is 0 Å². The van der Waals surface area contributed by atoms with Gasteiger partial charge in [0.1, 0.15) is 26.4 Å². The first-order valence-electron chi connectivity index (χ1n) is 21.4. The summed E-state index contributed by atoms with van der Waals surface area (Å²) >= 11 is 0. The zero-order valence-corrected chi connectivity index (χ0v) is 38.1. The molecular formula is C50H60O16. The maximum atomic E-state index is 13.1. The van der Waals surface area contributed by atoms with Crippen molar-refractivity contribution in [2.75, 3.05) is 134 Å². The molecule has 0 bridgehead atoms. The molecular weight excluding hydrogens is 857 g/mol. The Morgan fingerprint density at radius 1 is 0.258 bits per heavy atom. The van der Waals surface area contributed by atoms with Gasteiger partial charge in [-0.15, -0.1) is 0 Å². The molecule has 4 aromatic carbocycles. The smallest absolute Gasteiger partial charge is 0.338 e. The Bertz CT molecular complexity index is 1770. The molecule has 66 heavy (non-hydrogen) atoms. The lowest BCUT2D eigenvalue weighted by Gasteiger charge is -2.19. The zero-order valence-electron chi connectivity index (χ0n) is 38.1. The summed E-state index contributed by atoms with van der Waals surface area (Å²) < 4.78 is 63.4. The van der Waals surface area contributed by atoms with E-state index in [2.05, 4.69) is 0 Å². The number of hydrogen-bond acceptors (Lipinski definition) is 16. The van der Waals surface area contributed by atoms with Crippen LogP contribution < -0.4 is 0 Å². The standard InChI is InChI=1S/C50H60O16/c1-55-21-25-59-29-33-63-47(51)41-13-5-37(6-14-41)45(38-7-15-42(16-8-38)48(52)64-34-30-60-26-22-56-2)46(39-9-17-43(18-10-39)49(53)65-35-31-61-27-23-57-3)40-11-19-44(20-12-40)50(54)66-36-32-62-28-24-58-4/h5-20H,21-36H2,1-4H3. The van der Waals surface area contributed by atoms with Gasteiger partial charge >= 0.3 is 23.9 Å². The van der Waals surface area contributed by atoms with Gasteiger partial charge in [0.25, 0.3) is 0 Å². The average molecular weight is 917 g/mol. The van der Waals surface area contributed by atoms with E-state index >= 15 is 0 Å². The van der Waals surface area contributed by atoms with Crippen molar-refractivity contribution in [1.82, 2.24) is 0 Å². The van der Waals surface area contributed by atoms with Crippen LogP contribution in [-0.2, 0) is 56.8 Å². The van der Waals surface area contributed by atoms with Crippen molar-refractivity contribution in [2.45, 2.75) is 0 Å². The van der Waals surface area contributed by atoms with Gasteiger partial charge in [-0.25, -0.2) is 19.2 Å². The lowest BCUT2D eigenvalue weighted by molar-refractivity contribution is 0.0210. The molecule has 0 saturated heterocycles. The highest BCUT2D eigenvalue weighted by Gasteiger charge is 2.20. The third kappa shape index (κ3) is 18.2.